The monoisotopic (exact) mass is 172 g/mol. The maximum Gasteiger partial charge on any atom is 0.168 e. The third-order valence-corrected chi connectivity index (χ3v) is 1.76. The quantitative estimate of drug-likeness (QED) is 0.694. The number of rotatable bonds is 2. The summed E-state index contributed by atoms with van der Waals surface area (Å²) in [5.41, 5.74) is 3.55. The number of nitrogens with zero attached hydrogens (tertiary/aromatic N) is 1. The van der Waals surface area contributed by atoms with Gasteiger partial charge < -0.3 is 0 Å². The first-order chi connectivity index (χ1) is 5.25. The second-order valence-corrected chi connectivity index (χ2v) is 2.47. The Balaban J connectivity index is 2.96. The summed E-state index contributed by atoms with van der Waals surface area (Å²) < 4.78 is 0. The van der Waals surface area contributed by atoms with Crippen molar-refractivity contribution in [1.29, 1.82) is 0 Å². The van der Waals surface area contributed by atoms with Gasteiger partial charge in [-0.3, -0.25) is 4.84 Å². The molecule has 0 bridgehead atoms. The van der Waals surface area contributed by atoms with Crippen LogP contribution in [-0.4, -0.2) is 12.1 Å². The van der Waals surface area contributed by atoms with Crippen molar-refractivity contribution in [2.24, 2.45) is 0 Å². The molecule has 4 heteroatoms. The summed E-state index contributed by atoms with van der Waals surface area (Å²) in [6, 6.07) is 1.84. The lowest BCUT2D eigenvalue weighted by Crippen LogP contribution is -1.99. The topological polar surface area (TPSA) is 34.1 Å². The minimum absolute atomic E-state index is 0.550. The molecule has 1 heterocycles. The zero-order valence-electron chi connectivity index (χ0n) is 6.39. The summed E-state index contributed by atoms with van der Waals surface area (Å²) in [5, 5.41) is 0.592. The molecular weight excluding hydrogens is 164 g/mol. The van der Waals surface area contributed by atoms with Gasteiger partial charge >= 0.3 is 0 Å². The van der Waals surface area contributed by atoms with Crippen LogP contribution < -0.4 is 5.48 Å². The minimum atomic E-state index is 0.550. The fourth-order valence-corrected chi connectivity index (χ4v) is 0.858. The molecule has 0 aliphatic rings. The Morgan fingerprint density at radius 2 is 2.36 bits per heavy atom. The van der Waals surface area contributed by atoms with E-state index in [1.54, 1.807) is 6.20 Å². The number of pyridine rings is 1. The molecule has 0 spiro atoms. The number of hydrogen-bond donors (Lipinski definition) is 1. The highest BCUT2D eigenvalue weighted by atomic mass is 35.5. The third kappa shape index (κ3) is 1.82. The number of aryl methyl sites for hydroxylation is 1. The highest BCUT2D eigenvalue weighted by Crippen LogP contribution is 2.21. The summed E-state index contributed by atoms with van der Waals surface area (Å²) >= 11 is 5.87. The van der Waals surface area contributed by atoms with Crippen LogP contribution in [0.15, 0.2) is 12.3 Å². The van der Waals surface area contributed by atoms with Gasteiger partial charge in [0.1, 0.15) is 0 Å². The summed E-state index contributed by atoms with van der Waals surface area (Å²) in [5.74, 6) is 0.550. The van der Waals surface area contributed by atoms with E-state index in [0.717, 1.165) is 5.56 Å². The van der Waals surface area contributed by atoms with Gasteiger partial charge in [-0.1, -0.05) is 11.6 Å². The normalized spacial score (nSPS) is 9.73. The Bertz CT molecular complexity index is 252. The molecule has 0 amide bonds. The number of nitrogens with one attached hydrogen (secondary N) is 1. The molecule has 0 radical (unpaired) electrons. The Morgan fingerprint density at radius 1 is 1.64 bits per heavy atom. The SMILES string of the molecule is CONc1nccc(C)c1Cl. The molecule has 0 fully saturated rings. The Hall–Kier alpha value is -0.800. The van der Waals surface area contributed by atoms with Crippen LogP contribution in [0.2, 0.25) is 5.02 Å². The lowest BCUT2D eigenvalue weighted by molar-refractivity contribution is 0.269. The van der Waals surface area contributed by atoms with Crippen LogP contribution in [0, 0.1) is 6.92 Å². The average Bonchev–Trinajstić information content (AvgIpc) is 1.99. The van der Waals surface area contributed by atoms with Crippen LogP contribution in [0.25, 0.3) is 0 Å². The second-order valence-electron chi connectivity index (χ2n) is 2.10. The molecule has 0 aromatic carbocycles. The fraction of sp³-hybridized carbons (Fsp3) is 0.286. The third-order valence-electron chi connectivity index (χ3n) is 1.28. The van der Waals surface area contributed by atoms with Crippen molar-refractivity contribution in [2.75, 3.05) is 12.6 Å². The molecule has 0 saturated carbocycles. The smallest absolute Gasteiger partial charge is 0.168 e. The largest absolute Gasteiger partial charge is 0.278 e. The second kappa shape index (κ2) is 3.55. The van der Waals surface area contributed by atoms with E-state index in [2.05, 4.69) is 15.3 Å². The molecule has 0 saturated heterocycles. The number of aromatic nitrogens is 1. The average molecular weight is 173 g/mol. The molecule has 11 heavy (non-hydrogen) atoms. The Morgan fingerprint density at radius 3 is 3.00 bits per heavy atom. The van der Waals surface area contributed by atoms with Gasteiger partial charge in [-0.25, -0.2) is 10.5 Å². The van der Waals surface area contributed by atoms with E-state index in [-0.39, 0.29) is 0 Å². The van der Waals surface area contributed by atoms with E-state index in [1.807, 2.05) is 13.0 Å². The molecule has 1 aromatic heterocycles. The lowest BCUT2D eigenvalue weighted by Gasteiger charge is -2.04. The first-order valence-electron chi connectivity index (χ1n) is 3.16. The molecule has 0 atom stereocenters. The molecule has 1 rings (SSSR count). The van der Waals surface area contributed by atoms with Crippen molar-refractivity contribution in [1.82, 2.24) is 4.98 Å². The van der Waals surface area contributed by atoms with Gasteiger partial charge in [0.05, 0.1) is 12.1 Å². The minimum Gasteiger partial charge on any atom is -0.278 e. The van der Waals surface area contributed by atoms with Crippen molar-refractivity contribution in [3.63, 3.8) is 0 Å². The lowest BCUT2D eigenvalue weighted by atomic mass is 10.3. The molecule has 1 N–H and O–H groups in total. The highest BCUT2D eigenvalue weighted by molar-refractivity contribution is 6.33. The molecular formula is C7H9ClN2O. The number of anilines is 1. The Kier molecular flexibility index (Phi) is 2.68. The van der Waals surface area contributed by atoms with E-state index in [4.69, 9.17) is 11.6 Å². The van der Waals surface area contributed by atoms with Crippen LogP contribution in [0.4, 0.5) is 5.82 Å². The maximum atomic E-state index is 5.87. The van der Waals surface area contributed by atoms with Gasteiger partial charge in [0.25, 0.3) is 0 Å². The summed E-state index contributed by atoms with van der Waals surface area (Å²) in [7, 11) is 1.51. The van der Waals surface area contributed by atoms with E-state index in [0.29, 0.717) is 10.8 Å². The van der Waals surface area contributed by atoms with E-state index in [1.165, 1.54) is 7.11 Å². The van der Waals surface area contributed by atoms with Crippen LogP contribution in [0.5, 0.6) is 0 Å². The van der Waals surface area contributed by atoms with Crippen LogP contribution >= 0.6 is 11.6 Å². The van der Waals surface area contributed by atoms with Gasteiger partial charge in [0.15, 0.2) is 5.82 Å². The summed E-state index contributed by atoms with van der Waals surface area (Å²) in [6.07, 6.45) is 1.67. The van der Waals surface area contributed by atoms with E-state index < -0.39 is 0 Å². The van der Waals surface area contributed by atoms with Crippen molar-refractivity contribution in [3.8, 4) is 0 Å². The molecule has 60 valence electrons. The van der Waals surface area contributed by atoms with Gasteiger partial charge in [-0.05, 0) is 18.6 Å². The van der Waals surface area contributed by atoms with E-state index in [9.17, 15) is 0 Å². The van der Waals surface area contributed by atoms with Gasteiger partial charge in [-0.2, -0.15) is 0 Å². The van der Waals surface area contributed by atoms with Crippen LogP contribution in [-0.2, 0) is 4.84 Å². The zero-order chi connectivity index (χ0) is 8.27. The predicted molar refractivity (Wildman–Crippen MR) is 44.6 cm³/mol. The standard InChI is InChI=1S/C7H9ClN2O/c1-5-3-4-9-7(6(5)8)10-11-2/h3-4H,1-2H3,(H,9,10). The molecule has 0 unspecified atom stereocenters. The predicted octanol–water partition coefficient (Wildman–Crippen LogP) is 2.02. The molecule has 0 aliphatic carbocycles. The maximum absolute atomic E-state index is 5.87. The van der Waals surface area contributed by atoms with Gasteiger partial charge in [0.2, 0.25) is 0 Å². The number of halogens is 1. The van der Waals surface area contributed by atoms with Crippen molar-refractivity contribution >= 4 is 17.4 Å². The van der Waals surface area contributed by atoms with Crippen molar-refractivity contribution in [2.45, 2.75) is 6.92 Å². The fourth-order valence-electron chi connectivity index (χ4n) is 0.708. The zero-order valence-corrected chi connectivity index (χ0v) is 7.14. The van der Waals surface area contributed by atoms with Gasteiger partial charge in [0, 0.05) is 6.20 Å². The first-order valence-corrected chi connectivity index (χ1v) is 3.53. The molecule has 3 nitrogen and oxygen atoms in total. The van der Waals surface area contributed by atoms with Crippen LogP contribution in [0.1, 0.15) is 5.56 Å². The number of hydrogen-bond acceptors (Lipinski definition) is 3. The van der Waals surface area contributed by atoms with Crippen molar-refractivity contribution < 1.29 is 4.84 Å². The van der Waals surface area contributed by atoms with E-state index >= 15 is 0 Å². The van der Waals surface area contributed by atoms with Crippen molar-refractivity contribution in [3.05, 3.63) is 22.8 Å². The van der Waals surface area contributed by atoms with Crippen LogP contribution in [0.3, 0.4) is 0 Å². The first kappa shape index (κ1) is 8.30. The molecule has 1 aromatic rings. The highest BCUT2D eigenvalue weighted by Gasteiger charge is 2.01. The molecule has 0 aliphatic heterocycles. The summed E-state index contributed by atoms with van der Waals surface area (Å²) in [6.45, 7) is 1.91. The van der Waals surface area contributed by atoms with Gasteiger partial charge in [-0.15, -0.1) is 0 Å². The summed E-state index contributed by atoms with van der Waals surface area (Å²) in [4.78, 5) is 8.63. The Labute approximate surface area is 70.3 Å².